The number of nitrogens with one attached hydrogen (secondary N) is 1. The first-order chi connectivity index (χ1) is 13.0. The number of nitrogens with zero attached hydrogens (tertiary/aromatic N) is 2. The van der Waals surface area contributed by atoms with E-state index in [0.717, 1.165) is 49.2 Å². The number of fused-ring (bicyclic) bond motifs is 1. The summed E-state index contributed by atoms with van der Waals surface area (Å²) in [7, 11) is -3.62. The molecule has 1 N–H and O–H groups in total. The number of hydrogen-bond acceptors (Lipinski definition) is 5. The van der Waals surface area contributed by atoms with Crippen LogP contribution in [0.2, 0.25) is 0 Å². The van der Waals surface area contributed by atoms with Crippen molar-refractivity contribution in [1.29, 1.82) is 0 Å². The van der Waals surface area contributed by atoms with Crippen molar-refractivity contribution in [2.45, 2.75) is 17.7 Å². The number of rotatable bonds is 5. The highest BCUT2D eigenvalue weighted by Gasteiger charge is 2.24. The molecule has 1 aliphatic rings. The fourth-order valence-electron chi connectivity index (χ4n) is 3.25. The average Bonchev–Trinajstić information content (AvgIpc) is 3.11. The van der Waals surface area contributed by atoms with Gasteiger partial charge in [-0.2, -0.15) is 4.98 Å². The van der Waals surface area contributed by atoms with E-state index in [-0.39, 0.29) is 10.8 Å². The first-order valence-corrected chi connectivity index (χ1v) is 10.4. The number of para-hydroxylation sites is 2. The predicted octanol–water partition coefficient (Wildman–Crippen LogP) is 3.16. The van der Waals surface area contributed by atoms with Crippen LogP contribution in [0, 0.1) is 11.7 Å². The Morgan fingerprint density at radius 3 is 2.52 bits per heavy atom. The summed E-state index contributed by atoms with van der Waals surface area (Å²) in [6.45, 7) is 1.88. The molecule has 0 radical (unpaired) electrons. The summed E-state index contributed by atoms with van der Waals surface area (Å²) in [6.07, 6.45) is 1.68. The van der Waals surface area contributed by atoms with E-state index in [0.29, 0.717) is 12.6 Å². The minimum absolute atomic E-state index is 0.0767. The number of sulfonamides is 1. The molecule has 1 saturated heterocycles. The van der Waals surface area contributed by atoms with Gasteiger partial charge in [0.15, 0.2) is 5.58 Å². The molecule has 1 fully saturated rings. The smallest absolute Gasteiger partial charge is 0.298 e. The molecule has 8 heteroatoms. The van der Waals surface area contributed by atoms with E-state index in [4.69, 9.17) is 4.42 Å². The molecule has 3 aromatic rings. The standard InChI is InChI=1S/C19H20FN3O3S/c20-15-5-7-16(8-6-15)27(24,25)21-13-14-9-11-23(12-10-14)19-22-17-3-1-2-4-18(17)26-19/h1-8,14,21H,9-13H2. The van der Waals surface area contributed by atoms with Gasteiger partial charge in [-0.25, -0.2) is 17.5 Å². The van der Waals surface area contributed by atoms with Gasteiger partial charge in [-0.1, -0.05) is 12.1 Å². The minimum atomic E-state index is -3.62. The number of piperidine rings is 1. The van der Waals surface area contributed by atoms with Crippen molar-refractivity contribution in [3.05, 3.63) is 54.3 Å². The van der Waals surface area contributed by atoms with E-state index >= 15 is 0 Å². The first kappa shape index (κ1) is 17.9. The summed E-state index contributed by atoms with van der Waals surface area (Å²) in [4.78, 5) is 6.68. The van der Waals surface area contributed by atoms with Crippen LogP contribution in [0.1, 0.15) is 12.8 Å². The molecule has 2 aromatic carbocycles. The fourth-order valence-corrected chi connectivity index (χ4v) is 4.36. The lowest BCUT2D eigenvalue weighted by Gasteiger charge is -2.30. The van der Waals surface area contributed by atoms with Gasteiger partial charge < -0.3 is 9.32 Å². The maximum Gasteiger partial charge on any atom is 0.298 e. The lowest BCUT2D eigenvalue weighted by atomic mass is 9.97. The summed E-state index contributed by atoms with van der Waals surface area (Å²) >= 11 is 0. The number of hydrogen-bond donors (Lipinski definition) is 1. The minimum Gasteiger partial charge on any atom is -0.423 e. The van der Waals surface area contributed by atoms with E-state index in [1.165, 1.54) is 12.1 Å². The second-order valence-electron chi connectivity index (χ2n) is 6.70. The van der Waals surface area contributed by atoms with Crippen molar-refractivity contribution in [3.8, 4) is 0 Å². The Hall–Kier alpha value is -2.45. The van der Waals surface area contributed by atoms with Crippen LogP contribution in [0.4, 0.5) is 10.4 Å². The van der Waals surface area contributed by atoms with Crippen molar-refractivity contribution >= 4 is 27.1 Å². The van der Waals surface area contributed by atoms with Gasteiger partial charge in [-0.3, -0.25) is 0 Å². The molecule has 0 spiro atoms. The lowest BCUT2D eigenvalue weighted by molar-refractivity contribution is 0.387. The summed E-state index contributed by atoms with van der Waals surface area (Å²) < 4.78 is 46.0. The zero-order valence-electron chi connectivity index (χ0n) is 14.6. The van der Waals surface area contributed by atoms with Crippen LogP contribution in [-0.4, -0.2) is 33.0 Å². The Balaban J connectivity index is 1.33. The number of oxazole rings is 1. The van der Waals surface area contributed by atoms with E-state index < -0.39 is 15.8 Å². The quantitative estimate of drug-likeness (QED) is 0.725. The van der Waals surface area contributed by atoms with Crippen molar-refractivity contribution in [1.82, 2.24) is 9.71 Å². The topological polar surface area (TPSA) is 75.4 Å². The second kappa shape index (κ2) is 7.28. The molecule has 0 aliphatic carbocycles. The van der Waals surface area contributed by atoms with Gasteiger partial charge in [-0.15, -0.1) is 0 Å². The zero-order valence-corrected chi connectivity index (χ0v) is 15.5. The van der Waals surface area contributed by atoms with Crippen LogP contribution >= 0.6 is 0 Å². The monoisotopic (exact) mass is 389 g/mol. The molecular formula is C19H20FN3O3S. The molecular weight excluding hydrogens is 369 g/mol. The highest BCUT2D eigenvalue weighted by molar-refractivity contribution is 7.89. The van der Waals surface area contributed by atoms with Gasteiger partial charge in [0.2, 0.25) is 10.0 Å². The SMILES string of the molecule is O=S(=O)(NCC1CCN(c2nc3ccccc3o2)CC1)c1ccc(F)cc1. The molecule has 0 saturated carbocycles. The molecule has 27 heavy (non-hydrogen) atoms. The van der Waals surface area contributed by atoms with Gasteiger partial charge in [0.25, 0.3) is 6.01 Å². The van der Waals surface area contributed by atoms with E-state index in [1.54, 1.807) is 0 Å². The summed E-state index contributed by atoms with van der Waals surface area (Å²) in [5, 5.41) is 0. The molecule has 1 aromatic heterocycles. The third-order valence-corrected chi connectivity index (χ3v) is 6.29. The van der Waals surface area contributed by atoms with E-state index in [2.05, 4.69) is 14.6 Å². The normalized spacial score (nSPS) is 16.1. The summed E-state index contributed by atoms with van der Waals surface area (Å²) in [6, 6.07) is 13.1. The molecule has 6 nitrogen and oxygen atoms in total. The molecule has 0 amide bonds. The van der Waals surface area contributed by atoms with Crippen LogP contribution in [0.15, 0.2) is 57.8 Å². The zero-order chi connectivity index (χ0) is 18.9. The summed E-state index contributed by atoms with van der Waals surface area (Å²) in [5.74, 6) is -0.221. The molecule has 142 valence electrons. The fraction of sp³-hybridized carbons (Fsp3) is 0.316. The van der Waals surface area contributed by atoms with Crippen molar-refractivity contribution in [2.75, 3.05) is 24.5 Å². The third kappa shape index (κ3) is 3.96. The molecule has 0 atom stereocenters. The number of aromatic nitrogens is 1. The van der Waals surface area contributed by atoms with Gasteiger partial charge in [0, 0.05) is 19.6 Å². The highest BCUT2D eigenvalue weighted by Crippen LogP contribution is 2.26. The Morgan fingerprint density at radius 2 is 1.81 bits per heavy atom. The Labute approximate surface area is 157 Å². The van der Waals surface area contributed by atoms with E-state index in [9.17, 15) is 12.8 Å². The first-order valence-electron chi connectivity index (χ1n) is 8.87. The second-order valence-corrected chi connectivity index (χ2v) is 8.47. The number of anilines is 1. The average molecular weight is 389 g/mol. The van der Waals surface area contributed by atoms with Crippen LogP contribution in [-0.2, 0) is 10.0 Å². The Morgan fingerprint density at radius 1 is 1.11 bits per heavy atom. The maximum atomic E-state index is 13.0. The molecule has 2 heterocycles. The van der Waals surface area contributed by atoms with Gasteiger partial charge >= 0.3 is 0 Å². The molecule has 1 aliphatic heterocycles. The van der Waals surface area contributed by atoms with Crippen molar-refractivity contribution < 1.29 is 17.2 Å². The largest absolute Gasteiger partial charge is 0.423 e. The van der Waals surface area contributed by atoms with Gasteiger partial charge in [0.05, 0.1) is 4.90 Å². The van der Waals surface area contributed by atoms with Crippen molar-refractivity contribution in [3.63, 3.8) is 0 Å². The Bertz CT molecular complexity index is 993. The highest BCUT2D eigenvalue weighted by atomic mass is 32.2. The van der Waals surface area contributed by atoms with E-state index in [1.807, 2.05) is 24.3 Å². The third-order valence-electron chi connectivity index (χ3n) is 4.85. The number of halogens is 1. The van der Waals surface area contributed by atoms with Gasteiger partial charge in [-0.05, 0) is 55.2 Å². The maximum absolute atomic E-state index is 13.0. The Kier molecular flexibility index (Phi) is 4.84. The van der Waals surface area contributed by atoms with Crippen LogP contribution in [0.25, 0.3) is 11.1 Å². The van der Waals surface area contributed by atoms with Gasteiger partial charge in [0.1, 0.15) is 11.3 Å². The van der Waals surface area contributed by atoms with Crippen LogP contribution < -0.4 is 9.62 Å². The molecule has 4 rings (SSSR count). The summed E-state index contributed by atoms with van der Waals surface area (Å²) in [5.41, 5.74) is 1.60. The lowest BCUT2D eigenvalue weighted by Crippen LogP contribution is -2.38. The molecule has 0 bridgehead atoms. The van der Waals surface area contributed by atoms with Crippen molar-refractivity contribution in [2.24, 2.45) is 5.92 Å². The number of benzene rings is 2. The van der Waals surface area contributed by atoms with Crippen LogP contribution in [0.5, 0.6) is 0 Å². The van der Waals surface area contributed by atoms with Crippen LogP contribution in [0.3, 0.4) is 0 Å². The molecule has 0 unspecified atom stereocenters. The predicted molar refractivity (Wildman–Crippen MR) is 101 cm³/mol.